The Morgan fingerprint density at radius 1 is 1.44 bits per heavy atom. The Balaban J connectivity index is 2.09. The van der Waals surface area contributed by atoms with Crippen molar-refractivity contribution in [3.05, 3.63) is 18.0 Å². The van der Waals surface area contributed by atoms with Crippen LogP contribution in [0.25, 0.3) is 0 Å². The van der Waals surface area contributed by atoms with Crippen molar-refractivity contribution in [1.82, 2.24) is 15.1 Å². The lowest BCUT2D eigenvalue weighted by Gasteiger charge is -2.35. The molecular weight excluding hydrogens is 222 g/mol. The molecule has 0 bridgehead atoms. The lowest BCUT2D eigenvalue weighted by atomic mass is 9.73. The summed E-state index contributed by atoms with van der Waals surface area (Å²) in [6.45, 7) is 7.98. The van der Waals surface area contributed by atoms with Gasteiger partial charge in [-0.3, -0.25) is 4.68 Å². The fourth-order valence-electron chi connectivity index (χ4n) is 3.19. The number of hydrogen-bond acceptors (Lipinski definition) is 2. The van der Waals surface area contributed by atoms with Crippen molar-refractivity contribution in [3.63, 3.8) is 0 Å². The van der Waals surface area contributed by atoms with Crippen LogP contribution in [0.3, 0.4) is 0 Å². The molecule has 18 heavy (non-hydrogen) atoms. The molecule has 1 fully saturated rings. The zero-order valence-electron chi connectivity index (χ0n) is 12.2. The second-order valence-corrected chi connectivity index (χ2v) is 6.23. The van der Waals surface area contributed by atoms with E-state index in [1.54, 1.807) is 0 Å². The van der Waals surface area contributed by atoms with Gasteiger partial charge in [-0.25, -0.2) is 0 Å². The maximum absolute atomic E-state index is 4.34. The van der Waals surface area contributed by atoms with Crippen LogP contribution in [0.2, 0.25) is 0 Å². The normalized spacial score (nSPS) is 28.8. The maximum Gasteiger partial charge on any atom is 0.0492 e. The predicted molar refractivity (Wildman–Crippen MR) is 75.6 cm³/mol. The molecule has 1 aromatic rings. The van der Waals surface area contributed by atoms with E-state index < -0.39 is 0 Å². The Morgan fingerprint density at radius 2 is 2.22 bits per heavy atom. The van der Waals surface area contributed by atoms with Crippen molar-refractivity contribution in [3.8, 4) is 0 Å². The van der Waals surface area contributed by atoms with Gasteiger partial charge in [0.2, 0.25) is 0 Å². The summed E-state index contributed by atoms with van der Waals surface area (Å²) in [7, 11) is 2.07. The highest BCUT2D eigenvalue weighted by atomic mass is 15.3. The van der Waals surface area contributed by atoms with E-state index in [1.165, 1.54) is 25.0 Å². The van der Waals surface area contributed by atoms with Crippen molar-refractivity contribution in [2.75, 3.05) is 6.54 Å². The van der Waals surface area contributed by atoms with Crippen molar-refractivity contribution < 1.29 is 0 Å². The van der Waals surface area contributed by atoms with Gasteiger partial charge in [0.15, 0.2) is 0 Å². The van der Waals surface area contributed by atoms with Gasteiger partial charge in [-0.1, -0.05) is 27.2 Å². The number of rotatable bonds is 4. The van der Waals surface area contributed by atoms with Crippen molar-refractivity contribution in [2.24, 2.45) is 18.9 Å². The zero-order chi connectivity index (χ0) is 13.1. The molecule has 3 unspecified atom stereocenters. The lowest BCUT2D eigenvalue weighted by Crippen LogP contribution is -2.35. The van der Waals surface area contributed by atoms with E-state index in [-0.39, 0.29) is 0 Å². The quantitative estimate of drug-likeness (QED) is 0.889. The molecule has 0 aliphatic heterocycles. The molecule has 1 saturated carbocycles. The van der Waals surface area contributed by atoms with Gasteiger partial charge in [-0.15, -0.1) is 0 Å². The highest BCUT2D eigenvalue weighted by Crippen LogP contribution is 2.39. The minimum absolute atomic E-state index is 0.580. The number of hydrogen-bond donors (Lipinski definition) is 1. The van der Waals surface area contributed by atoms with E-state index in [4.69, 9.17) is 0 Å². The van der Waals surface area contributed by atoms with Gasteiger partial charge in [-0.2, -0.15) is 5.10 Å². The first kappa shape index (κ1) is 13.6. The van der Waals surface area contributed by atoms with E-state index >= 15 is 0 Å². The molecule has 1 N–H and O–H groups in total. The summed E-state index contributed by atoms with van der Waals surface area (Å²) in [6.07, 6.45) is 5.96. The van der Waals surface area contributed by atoms with Gasteiger partial charge in [0.05, 0.1) is 0 Å². The number of aromatic nitrogens is 2. The van der Waals surface area contributed by atoms with Crippen LogP contribution in [0.5, 0.6) is 0 Å². The van der Waals surface area contributed by atoms with Crippen LogP contribution in [-0.4, -0.2) is 22.4 Å². The Bertz CT molecular complexity index is 370. The molecule has 0 radical (unpaired) electrons. The molecule has 102 valence electrons. The van der Waals surface area contributed by atoms with E-state index in [2.05, 4.69) is 49.0 Å². The molecule has 3 heteroatoms. The molecule has 1 aliphatic carbocycles. The van der Waals surface area contributed by atoms with Gasteiger partial charge in [0.25, 0.3) is 0 Å². The molecular formula is C15H27N3. The molecule has 0 spiro atoms. The molecule has 3 atom stereocenters. The van der Waals surface area contributed by atoms with Gasteiger partial charge < -0.3 is 5.32 Å². The zero-order valence-corrected chi connectivity index (χ0v) is 12.2. The molecule has 0 amide bonds. The van der Waals surface area contributed by atoms with Crippen molar-refractivity contribution in [2.45, 2.75) is 52.0 Å². The summed E-state index contributed by atoms with van der Waals surface area (Å²) < 4.78 is 2.06. The minimum atomic E-state index is 0.580. The van der Waals surface area contributed by atoms with Gasteiger partial charge >= 0.3 is 0 Å². The third-order valence-corrected chi connectivity index (χ3v) is 4.28. The first-order valence-corrected chi connectivity index (χ1v) is 7.29. The van der Waals surface area contributed by atoms with E-state index in [0.717, 1.165) is 18.4 Å². The monoisotopic (exact) mass is 249 g/mol. The van der Waals surface area contributed by atoms with Crippen molar-refractivity contribution >= 4 is 0 Å². The minimum Gasteiger partial charge on any atom is -0.314 e. The van der Waals surface area contributed by atoms with Crippen LogP contribution in [-0.2, 0) is 7.05 Å². The summed E-state index contributed by atoms with van der Waals surface area (Å²) in [5, 5.41) is 7.95. The predicted octanol–water partition coefficient (Wildman–Crippen LogP) is 2.94. The topological polar surface area (TPSA) is 29.9 Å². The first-order valence-electron chi connectivity index (χ1n) is 7.29. The fraction of sp³-hybridized carbons (Fsp3) is 0.800. The number of aryl methyl sites for hydroxylation is 1. The van der Waals surface area contributed by atoms with Crippen LogP contribution in [0, 0.1) is 11.8 Å². The Morgan fingerprint density at radius 3 is 2.83 bits per heavy atom. The number of nitrogens with one attached hydrogen (secondary N) is 1. The Labute approximate surface area is 111 Å². The molecule has 3 nitrogen and oxygen atoms in total. The number of nitrogens with zero attached hydrogens (tertiary/aromatic N) is 2. The average molecular weight is 249 g/mol. The lowest BCUT2D eigenvalue weighted by molar-refractivity contribution is 0.231. The second kappa shape index (κ2) is 5.87. The van der Waals surface area contributed by atoms with E-state index in [0.29, 0.717) is 12.0 Å². The second-order valence-electron chi connectivity index (χ2n) is 6.23. The van der Waals surface area contributed by atoms with Crippen molar-refractivity contribution in [1.29, 1.82) is 0 Å². The fourth-order valence-corrected chi connectivity index (χ4v) is 3.19. The summed E-state index contributed by atoms with van der Waals surface area (Å²) in [5.41, 5.74) is 1.41. The van der Waals surface area contributed by atoms with Gasteiger partial charge in [0.1, 0.15) is 0 Å². The highest BCUT2D eigenvalue weighted by Gasteiger charge is 2.31. The SMILES string of the molecule is CC1CCC(CNC(C)C)C(c2ccnn2C)C1. The van der Waals surface area contributed by atoms with Crippen LogP contribution in [0.15, 0.2) is 12.3 Å². The molecule has 1 aliphatic rings. The average Bonchev–Trinajstić information content (AvgIpc) is 2.73. The highest BCUT2D eigenvalue weighted by molar-refractivity contribution is 5.11. The molecule has 2 rings (SSSR count). The third kappa shape index (κ3) is 3.14. The van der Waals surface area contributed by atoms with E-state index in [1.807, 2.05) is 6.20 Å². The standard InChI is InChI=1S/C15H27N3/c1-11(2)16-10-13-6-5-12(3)9-14(13)15-7-8-17-18(15)4/h7-8,11-14,16H,5-6,9-10H2,1-4H3. The summed E-state index contributed by atoms with van der Waals surface area (Å²) in [6, 6.07) is 2.78. The molecule has 0 aromatic carbocycles. The van der Waals surface area contributed by atoms with Crippen LogP contribution in [0.1, 0.15) is 51.6 Å². The Hall–Kier alpha value is -0.830. The summed E-state index contributed by atoms with van der Waals surface area (Å²) in [5.74, 6) is 2.28. The summed E-state index contributed by atoms with van der Waals surface area (Å²) >= 11 is 0. The van der Waals surface area contributed by atoms with Gasteiger partial charge in [0, 0.05) is 30.9 Å². The summed E-state index contributed by atoms with van der Waals surface area (Å²) in [4.78, 5) is 0. The van der Waals surface area contributed by atoms with E-state index in [9.17, 15) is 0 Å². The molecule has 1 aromatic heterocycles. The molecule has 0 saturated heterocycles. The smallest absolute Gasteiger partial charge is 0.0492 e. The van der Waals surface area contributed by atoms with Gasteiger partial charge in [-0.05, 0) is 37.3 Å². The molecule has 1 heterocycles. The van der Waals surface area contributed by atoms with Crippen LogP contribution < -0.4 is 5.32 Å². The maximum atomic E-state index is 4.34. The largest absolute Gasteiger partial charge is 0.314 e. The van der Waals surface area contributed by atoms with Crippen LogP contribution >= 0.6 is 0 Å². The van der Waals surface area contributed by atoms with Crippen LogP contribution in [0.4, 0.5) is 0 Å². The Kier molecular flexibility index (Phi) is 4.44. The third-order valence-electron chi connectivity index (χ3n) is 4.28. The first-order chi connectivity index (χ1) is 8.58.